The van der Waals surface area contributed by atoms with E-state index in [0.29, 0.717) is 19.3 Å². The molecule has 4 rings (SSSR count). The van der Waals surface area contributed by atoms with Crippen molar-refractivity contribution in [3.63, 3.8) is 0 Å². The molecule has 0 aromatic carbocycles. The summed E-state index contributed by atoms with van der Waals surface area (Å²) < 4.78 is 28.8. The molecule has 0 saturated heterocycles. The predicted molar refractivity (Wildman–Crippen MR) is 133 cm³/mol. The molecule has 0 aliphatic heterocycles. The van der Waals surface area contributed by atoms with Crippen molar-refractivity contribution in [1.29, 1.82) is 0 Å². The van der Waals surface area contributed by atoms with E-state index in [0.717, 1.165) is 18.4 Å². The van der Waals surface area contributed by atoms with Crippen molar-refractivity contribution >= 4 is 29.3 Å². The fourth-order valence-corrected chi connectivity index (χ4v) is 9.01. The maximum atomic E-state index is 17.6. The van der Waals surface area contributed by atoms with Crippen LogP contribution in [0.2, 0.25) is 0 Å². The monoisotopic (exact) mass is 526 g/mol. The zero-order valence-electron chi connectivity index (χ0n) is 22.1. The highest BCUT2D eigenvalue weighted by Crippen LogP contribution is 2.72. The number of Topliss-reactive ketones (excluding diaryl/α,β-unsaturated/α-hetero) is 1. The number of aliphatic hydroxyl groups is 1. The minimum absolute atomic E-state index is 0.0497. The Hall–Kier alpha value is -1.47. The van der Waals surface area contributed by atoms with E-state index in [4.69, 9.17) is 21.1 Å². The molecule has 9 atom stereocenters. The highest BCUT2D eigenvalue weighted by atomic mass is 35.5. The van der Waals surface area contributed by atoms with Crippen LogP contribution in [0.4, 0.5) is 4.39 Å². The molecule has 4 aliphatic rings. The minimum Gasteiger partial charge on any atom is -0.457 e. The van der Waals surface area contributed by atoms with Crippen molar-refractivity contribution in [2.75, 3.05) is 6.61 Å². The van der Waals surface area contributed by atoms with E-state index >= 15 is 4.39 Å². The summed E-state index contributed by atoms with van der Waals surface area (Å²) in [5.41, 5.74) is -4.55. The first-order valence-electron chi connectivity index (χ1n) is 13.4. The molecule has 0 bridgehead atoms. The Morgan fingerprint density at radius 2 is 1.86 bits per heavy atom. The number of rotatable bonds is 6. The van der Waals surface area contributed by atoms with Crippen molar-refractivity contribution in [2.45, 2.75) is 109 Å². The number of hydrogen-bond acceptors (Lipinski definition) is 6. The zero-order chi connectivity index (χ0) is 26.7. The summed E-state index contributed by atoms with van der Waals surface area (Å²) >= 11 is 6.98. The molecule has 202 valence electrons. The first-order valence-corrected chi connectivity index (χ1v) is 13.9. The maximum Gasteiger partial charge on any atom is 0.306 e. The van der Waals surface area contributed by atoms with Crippen LogP contribution < -0.4 is 0 Å². The number of hydrogen-bond donors (Lipinski definition) is 1. The third-order valence-electron chi connectivity index (χ3n) is 10.3. The number of halogens is 2. The highest BCUT2D eigenvalue weighted by Gasteiger charge is 2.78. The van der Waals surface area contributed by atoms with Gasteiger partial charge in [-0.05, 0) is 44.4 Å². The summed E-state index contributed by atoms with van der Waals surface area (Å²) in [7, 11) is 0. The lowest BCUT2D eigenvalue weighted by Gasteiger charge is -2.64. The Kier molecular flexibility index (Phi) is 7.18. The summed E-state index contributed by atoms with van der Waals surface area (Å²) in [6.07, 6.45) is 4.12. The van der Waals surface area contributed by atoms with Gasteiger partial charge in [0, 0.05) is 40.9 Å². The quantitative estimate of drug-likeness (QED) is 0.295. The van der Waals surface area contributed by atoms with Gasteiger partial charge in [0.05, 0.1) is 6.10 Å². The number of carbonyl (C=O) groups is 3. The second kappa shape index (κ2) is 9.37. The SMILES string of the molecule is CCC(=O)OCC(=O)[C@@]1(OC(=O)CC)[C@H](C)C[C@H]2[C@@H]3[C@H](Cl)CC4=CCCC[C@]4(C)[C@@]3(F)[C@@H](O)C[C@@]21C. The van der Waals surface area contributed by atoms with Crippen molar-refractivity contribution in [2.24, 2.45) is 28.6 Å². The number of ether oxygens (including phenoxy) is 2. The lowest BCUT2D eigenvalue weighted by molar-refractivity contribution is -0.234. The van der Waals surface area contributed by atoms with Crippen molar-refractivity contribution in [1.82, 2.24) is 0 Å². The number of ketones is 1. The average molecular weight is 527 g/mol. The predicted octanol–water partition coefficient (Wildman–Crippen LogP) is 5.08. The molecule has 36 heavy (non-hydrogen) atoms. The molecule has 1 N–H and O–H groups in total. The number of fused-ring (bicyclic) bond motifs is 5. The van der Waals surface area contributed by atoms with E-state index in [1.165, 1.54) is 0 Å². The standard InChI is InChI=1S/C28H40ClFO6/c1-6-22(33)35-15-21(32)28(36-23(34)7-2)16(3)12-18-24-19(29)13-17-10-8-9-11-25(17,4)27(24,30)20(31)14-26(18,28)5/h10,16,18-20,24,31H,6-9,11-15H2,1-5H3/t16-,18+,19-,20+,24-,25+,26+,27-,28+/m1/s1. The first kappa shape index (κ1) is 27.6. The normalized spacial score (nSPS) is 45.6. The molecule has 0 spiro atoms. The van der Waals surface area contributed by atoms with Gasteiger partial charge >= 0.3 is 11.9 Å². The summed E-state index contributed by atoms with van der Waals surface area (Å²) in [6, 6.07) is 0. The summed E-state index contributed by atoms with van der Waals surface area (Å²) in [5, 5.41) is 11.1. The second-order valence-corrected chi connectivity index (χ2v) is 12.4. The van der Waals surface area contributed by atoms with E-state index in [2.05, 4.69) is 6.08 Å². The van der Waals surface area contributed by atoms with Crippen LogP contribution in [0.1, 0.15) is 86.0 Å². The van der Waals surface area contributed by atoms with Gasteiger partial charge < -0.3 is 14.6 Å². The zero-order valence-corrected chi connectivity index (χ0v) is 22.8. The maximum absolute atomic E-state index is 17.6. The molecule has 0 radical (unpaired) electrons. The molecule has 6 nitrogen and oxygen atoms in total. The van der Waals surface area contributed by atoms with Crippen LogP contribution in [0.15, 0.2) is 11.6 Å². The molecular weight excluding hydrogens is 487 g/mol. The topological polar surface area (TPSA) is 89.9 Å². The Balaban J connectivity index is 1.83. The summed E-state index contributed by atoms with van der Waals surface area (Å²) in [5.74, 6) is -3.19. The lowest BCUT2D eigenvalue weighted by Crippen LogP contribution is -2.72. The molecule has 8 heteroatoms. The van der Waals surface area contributed by atoms with Gasteiger partial charge in [-0.15, -0.1) is 11.6 Å². The van der Waals surface area contributed by atoms with Gasteiger partial charge in [-0.25, -0.2) is 4.39 Å². The number of allylic oxidation sites excluding steroid dienone is 2. The van der Waals surface area contributed by atoms with Crippen LogP contribution in [0.5, 0.6) is 0 Å². The van der Waals surface area contributed by atoms with E-state index < -0.39 is 75.7 Å². The molecule has 0 amide bonds. The van der Waals surface area contributed by atoms with Crippen LogP contribution >= 0.6 is 11.6 Å². The fourth-order valence-electron chi connectivity index (χ4n) is 8.48. The van der Waals surface area contributed by atoms with Gasteiger partial charge in [0.25, 0.3) is 0 Å². The van der Waals surface area contributed by atoms with Gasteiger partial charge in [0.2, 0.25) is 5.78 Å². The molecule has 4 aliphatic carbocycles. The van der Waals surface area contributed by atoms with Crippen molar-refractivity contribution in [3.05, 3.63) is 11.6 Å². The van der Waals surface area contributed by atoms with Crippen LogP contribution in [-0.4, -0.2) is 52.2 Å². The highest BCUT2D eigenvalue weighted by molar-refractivity contribution is 6.21. The molecule has 0 aromatic heterocycles. The number of alkyl halides is 2. The molecule has 3 saturated carbocycles. The third kappa shape index (κ3) is 3.54. The summed E-state index contributed by atoms with van der Waals surface area (Å²) in [6.45, 7) is 8.31. The first-order chi connectivity index (χ1) is 16.8. The smallest absolute Gasteiger partial charge is 0.306 e. The van der Waals surface area contributed by atoms with Gasteiger partial charge in [-0.3, -0.25) is 14.4 Å². The number of carbonyl (C=O) groups excluding carboxylic acids is 3. The van der Waals surface area contributed by atoms with E-state index in [9.17, 15) is 19.5 Å². The Morgan fingerprint density at radius 1 is 1.19 bits per heavy atom. The number of esters is 2. The molecule has 0 unspecified atom stereocenters. The van der Waals surface area contributed by atoms with E-state index in [1.54, 1.807) is 13.8 Å². The molecular formula is C28H40ClFO6. The van der Waals surface area contributed by atoms with E-state index in [-0.39, 0.29) is 19.3 Å². The molecule has 3 fully saturated rings. The van der Waals surface area contributed by atoms with Gasteiger partial charge in [0.1, 0.15) is 5.67 Å². The summed E-state index contributed by atoms with van der Waals surface area (Å²) in [4.78, 5) is 38.4. The second-order valence-electron chi connectivity index (χ2n) is 11.8. The Labute approximate surface area is 218 Å². The molecule has 0 heterocycles. The average Bonchev–Trinajstić information content (AvgIpc) is 3.05. The largest absolute Gasteiger partial charge is 0.457 e. The van der Waals surface area contributed by atoms with Gasteiger partial charge in [0.15, 0.2) is 12.2 Å². The lowest BCUT2D eigenvalue weighted by atomic mass is 9.43. The molecule has 0 aromatic rings. The Morgan fingerprint density at radius 3 is 2.50 bits per heavy atom. The fraction of sp³-hybridized carbons (Fsp3) is 0.821. The Bertz CT molecular complexity index is 968. The van der Waals surface area contributed by atoms with Crippen LogP contribution in [-0.2, 0) is 23.9 Å². The van der Waals surface area contributed by atoms with E-state index in [1.807, 2.05) is 20.8 Å². The van der Waals surface area contributed by atoms with Gasteiger partial charge in [-0.2, -0.15) is 0 Å². The van der Waals surface area contributed by atoms with Crippen LogP contribution in [0.25, 0.3) is 0 Å². The van der Waals surface area contributed by atoms with Crippen molar-refractivity contribution in [3.8, 4) is 0 Å². The number of aliphatic hydroxyl groups excluding tert-OH is 1. The third-order valence-corrected chi connectivity index (χ3v) is 10.7. The van der Waals surface area contributed by atoms with Crippen molar-refractivity contribution < 1.29 is 33.4 Å². The van der Waals surface area contributed by atoms with Gasteiger partial charge in [-0.1, -0.05) is 46.3 Å². The van der Waals surface area contributed by atoms with Crippen LogP contribution in [0.3, 0.4) is 0 Å². The minimum atomic E-state index is -1.96. The van der Waals surface area contributed by atoms with Crippen LogP contribution in [0, 0.1) is 28.6 Å².